The molecule has 6 unspecified atom stereocenters. The molecule has 0 saturated heterocycles. The molecule has 0 radical (unpaired) electrons. The van der Waals surface area contributed by atoms with Crippen molar-refractivity contribution in [1.82, 2.24) is 0 Å². The van der Waals surface area contributed by atoms with Gasteiger partial charge in [0.25, 0.3) is 0 Å². The Kier molecular flexibility index (Phi) is 5.60. The third-order valence-corrected chi connectivity index (χ3v) is 6.13. The van der Waals surface area contributed by atoms with Gasteiger partial charge in [-0.15, -0.1) is 0 Å². The molecule has 2 saturated carbocycles. The van der Waals surface area contributed by atoms with Crippen molar-refractivity contribution < 1.29 is 27.8 Å². The number of carbonyl (C=O) groups excluding carboxylic acids is 1. The number of aliphatic hydroxyl groups is 1. The molecule has 0 aromatic carbocycles. The smallest absolute Gasteiger partial charge is 0.420 e. The van der Waals surface area contributed by atoms with Crippen molar-refractivity contribution in [1.29, 1.82) is 0 Å². The highest BCUT2D eigenvalue weighted by Gasteiger charge is 2.58. The molecule has 3 nitrogen and oxygen atoms in total. The number of alkyl halides is 3. The second kappa shape index (κ2) is 6.84. The van der Waals surface area contributed by atoms with E-state index in [1.54, 1.807) is 20.8 Å². The minimum absolute atomic E-state index is 0.0734. The predicted octanol–water partition coefficient (Wildman–Crippen LogP) is 4.89. The van der Waals surface area contributed by atoms with E-state index < -0.39 is 35.2 Å². The van der Waals surface area contributed by atoms with E-state index in [-0.39, 0.29) is 24.2 Å². The molecule has 2 aliphatic rings. The highest BCUT2D eigenvalue weighted by Crippen LogP contribution is 2.56. The molecule has 0 heterocycles. The van der Waals surface area contributed by atoms with Crippen LogP contribution in [-0.4, -0.2) is 29.0 Å². The first-order valence-electron chi connectivity index (χ1n) is 9.37. The molecule has 6 heteroatoms. The molecule has 2 aliphatic carbocycles. The Morgan fingerprint density at radius 1 is 1.27 bits per heavy atom. The van der Waals surface area contributed by atoms with Gasteiger partial charge in [0.1, 0.15) is 6.10 Å². The summed E-state index contributed by atoms with van der Waals surface area (Å²) in [5.74, 6) is -0.428. The lowest BCUT2D eigenvalue weighted by Crippen LogP contribution is -2.55. The highest BCUT2D eigenvalue weighted by molar-refractivity contribution is 5.74. The van der Waals surface area contributed by atoms with E-state index in [0.29, 0.717) is 13.3 Å². The molecule has 2 bridgehead atoms. The van der Waals surface area contributed by atoms with Gasteiger partial charge < -0.3 is 9.84 Å². The van der Waals surface area contributed by atoms with Crippen LogP contribution in [0.25, 0.3) is 0 Å². The lowest BCUT2D eigenvalue weighted by atomic mass is 9.76. The number of hydrogen-bond acceptors (Lipinski definition) is 3. The van der Waals surface area contributed by atoms with Crippen molar-refractivity contribution in [2.45, 2.75) is 78.2 Å². The lowest BCUT2D eigenvalue weighted by molar-refractivity contribution is -0.289. The Balaban J connectivity index is 2.18. The van der Waals surface area contributed by atoms with Gasteiger partial charge in [-0.2, -0.15) is 13.2 Å². The van der Waals surface area contributed by atoms with Gasteiger partial charge >= 0.3 is 12.1 Å². The van der Waals surface area contributed by atoms with Crippen LogP contribution < -0.4 is 0 Å². The molecule has 26 heavy (non-hydrogen) atoms. The minimum atomic E-state index is -4.88. The average molecular weight is 376 g/mol. The average Bonchev–Trinajstić information content (AvgIpc) is 3.01. The molecule has 0 aliphatic heterocycles. The number of carbonyl (C=O) groups is 1. The fourth-order valence-corrected chi connectivity index (χ4v) is 4.55. The fourth-order valence-electron chi connectivity index (χ4n) is 4.55. The standard InChI is InChI=1S/C20H31F3O3/c1-7-13-11(2)12-8-14(13)15(9-12)17(24)26-16(10-18(3,4)5)19(6,25)20(21,22)23/h12-16,25H,2,7-10H2,1,3-6H3. The van der Waals surface area contributed by atoms with Crippen LogP contribution >= 0.6 is 0 Å². The number of fused-ring (bicyclic) bond motifs is 2. The van der Waals surface area contributed by atoms with Crippen molar-refractivity contribution in [2.24, 2.45) is 29.1 Å². The van der Waals surface area contributed by atoms with Crippen LogP contribution in [0.2, 0.25) is 0 Å². The number of halogens is 3. The van der Waals surface area contributed by atoms with E-state index in [9.17, 15) is 23.1 Å². The van der Waals surface area contributed by atoms with Gasteiger partial charge in [0.05, 0.1) is 5.92 Å². The van der Waals surface area contributed by atoms with Crippen LogP contribution in [0.5, 0.6) is 0 Å². The molecule has 150 valence electrons. The summed E-state index contributed by atoms with van der Waals surface area (Å²) >= 11 is 0. The second-order valence-corrected chi connectivity index (χ2v) is 9.36. The van der Waals surface area contributed by atoms with Crippen molar-refractivity contribution in [3.63, 3.8) is 0 Å². The summed E-state index contributed by atoms with van der Waals surface area (Å²) in [4.78, 5) is 12.7. The Labute approximate surface area is 154 Å². The van der Waals surface area contributed by atoms with E-state index in [2.05, 4.69) is 6.58 Å². The maximum atomic E-state index is 13.4. The van der Waals surface area contributed by atoms with Gasteiger partial charge in [-0.3, -0.25) is 4.79 Å². The number of ether oxygens (including phenoxy) is 1. The van der Waals surface area contributed by atoms with Crippen LogP contribution in [0.3, 0.4) is 0 Å². The summed E-state index contributed by atoms with van der Waals surface area (Å²) in [5.41, 5.74) is -2.45. The predicted molar refractivity (Wildman–Crippen MR) is 93.3 cm³/mol. The lowest BCUT2D eigenvalue weighted by Gasteiger charge is -2.38. The minimum Gasteiger partial charge on any atom is -0.459 e. The van der Waals surface area contributed by atoms with Gasteiger partial charge in [-0.25, -0.2) is 0 Å². The van der Waals surface area contributed by atoms with Crippen molar-refractivity contribution in [3.05, 3.63) is 12.2 Å². The zero-order valence-corrected chi connectivity index (χ0v) is 16.3. The molecule has 1 N–H and O–H groups in total. The first kappa shape index (κ1) is 21.3. The van der Waals surface area contributed by atoms with Gasteiger partial charge in [0.2, 0.25) is 0 Å². The summed E-state index contributed by atoms with van der Waals surface area (Å²) in [6.07, 6.45) is -4.26. The van der Waals surface area contributed by atoms with Crippen LogP contribution in [0.15, 0.2) is 12.2 Å². The number of hydrogen-bond donors (Lipinski definition) is 1. The van der Waals surface area contributed by atoms with E-state index in [1.165, 1.54) is 0 Å². The molecule has 6 atom stereocenters. The largest absolute Gasteiger partial charge is 0.459 e. The van der Waals surface area contributed by atoms with Gasteiger partial charge in [-0.05, 0) is 55.8 Å². The maximum Gasteiger partial charge on any atom is 0.420 e. The third kappa shape index (κ3) is 3.95. The van der Waals surface area contributed by atoms with Crippen LogP contribution in [-0.2, 0) is 9.53 Å². The normalized spacial score (nSPS) is 32.4. The maximum absolute atomic E-state index is 13.4. The number of allylic oxidation sites excluding steroid dienone is 1. The van der Waals surface area contributed by atoms with Crippen LogP contribution in [0, 0.1) is 29.1 Å². The van der Waals surface area contributed by atoms with Crippen molar-refractivity contribution in [2.75, 3.05) is 0 Å². The molecule has 0 aromatic heterocycles. The zero-order valence-electron chi connectivity index (χ0n) is 16.3. The van der Waals surface area contributed by atoms with Gasteiger partial charge in [-0.1, -0.05) is 39.8 Å². The third-order valence-electron chi connectivity index (χ3n) is 6.13. The fraction of sp³-hybridized carbons (Fsp3) is 0.850. The SMILES string of the molecule is C=C1C2CC(C(=O)OC(CC(C)(C)C)C(C)(O)C(F)(F)F)C(C2)C1CC. The zero-order chi connectivity index (χ0) is 20.1. The Morgan fingerprint density at radius 3 is 2.27 bits per heavy atom. The molecular formula is C20H31F3O3. The van der Waals surface area contributed by atoms with Crippen molar-refractivity contribution >= 4 is 5.97 Å². The van der Waals surface area contributed by atoms with Crippen LogP contribution in [0.1, 0.15) is 60.3 Å². The van der Waals surface area contributed by atoms with E-state index >= 15 is 0 Å². The van der Waals surface area contributed by atoms with E-state index in [4.69, 9.17) is 4.74 Å². The molecule has 2 rings (SSSR count). The highest BCUT2D eigenvalue weighted by atomic mass is 19.4. The molecule has 0 aromatic rings. The molecule has 0 spiro atoms. The van der Waals surface area contributed by atoms with Gasteiger partial charge in [0, 0.05) is 0 Å². The quantitative estimate of drug-likeness (QED) is 0.549. The first-order valence-corrected chi connectivity index (χ1v) is 9.37. The summed E-state index contributed by atoms with van der Waals surface area (Å²) in [6, 6.07) is 0. The number of esters is 1. The topological polar surface area (TPSA) is 46.5 Å². The summed E-state index contributed by atoms with van der Waals surface area (Å²) in [6.45, 7) is 12.1. The Bertz CT molecular complexity index is 560. The Hall–Kier alpha value is -1.04. The summed E-state index contributed by atoms with van der Waals surface area (Å²) < 4.78 is 45.4. The second-order valence-electron chi connectivity index (χ2n) is 9.36. The molecular weight excluding hydrogens is 345 g/mol. The monoisotopic (exact) mass is 376 g/mol. The van der Waals surface area contributed by atoms with Gasteiger partial charge in [0.15, 0.2) is 5.60 Å². The Morgan fingerprint density at radius 2 is 1.85 bits per heavy atom. The first-order chi connectivity index (χ1) is 11.7. The van der Waals surface area contributed by atoms with Crippen LogP contribution in [0.4, 0.5) is 13.2 Å². The summed E-state index contributed by atoms with van der Waals surface area (Å²) in [5, 5.41) is 10.1. The summed E-state index contributed by atoms with van der Waals surface area (Å²) in [7, 11) is 0. The van der Waals surface area contributed by atoms with Crippen molar-refractivity contribution in [3.8, 4) is 0 Å². The molecule has 0 amide bonds. The molecule has 2 fully saturated rings. The van der Waals surface area contributed by atoms with E-state index in [1.807, 2.05) is 6.92 Å². The number of rotatable bonds is 5. The van der Waals surface area contributed by atoms with E-state index in [0.717, 1.165) is 18.4 Å².